The lowest BCUT2D eigenvalue weighted by atomic mass is 9.83. The molecular formula is C30H36N6O. The van der Waals surface area contributed by atoms with E-state index in [2.05, 4.69) is 59.6 Å². The van der Waals surface area contributed by atoms with Gasteiger partial charge in [-0.05, 0) is 68.7 Å². The highest BCUT2D eigenvalue weighted by Crippen LogP contribution is 2.40. The summed E-state index contributed by atoms with van der Waals surface area (Å²) in [5.41, 5.74) is 7.61. The molecule has 5 heterocycles. The van der Waals surface area contributed by atoms with E-state index in [9.17, 15) is 5.26 Å². The quantitative estimate of drug-likeness (QED) is 0.340. The van der Waals surface area contributed by atoms with Crippen LogP contribution in [-0.4, -0.2) is 44.8 Å². The molecule has 0 bridgehead atoms. The van der Waals surface area contributed by atoms with Crippen LogP contribution in [0.2, 0.25) is 0 Å². The fourth-order valence-corrected chi connectivity index (χ4v) is 6.38. The molecule has 2 N–H and O–H groups in total. The number of nitriles is 1. The first-order valence-corrected chi connectivity index (χ1v) is 13.8. The van der Waals surface area contributed by atoms with E-state index < -0.39 is 0 Å². The molecule has 4 aromatic heterocycles. The van der Waals surface area contributed by atoms with Gasteiger partial charge in [-0.25, -0.2) is 4.98 Å². The Morgan fingerprint density at radius 3 is 2.78 bits per heavy atom. The van der Waals surface area contributed by atoms with Gasteiger partial charge >= 0.3 is 0 Å². The van der Waals surface area contributed by atoms with Crippen molar-refractivity contribution in [3.05, 3.63) is 47.9 Å². The SMILES string of the molecule is CC(C)c1c(-c2cn(CC#N)c3ncccc23)[nH]c2ccc(C3CCC(NC4CCCOC4)CC3)nc12. The minimum absolute atomic E-state index is 0.276. The average Bonchev–Trinajstić information content (AvgIpc) is 3.48. The summed E-state index contributed by atoms with van der Waals surface area (Å²) in [6.07, 6.45) is 11.0. The lowest BCUT2D eigenvalue weighted by molar-refractivity contribution is 0.0639. The first-order chi connectivity index (χ1) is 18.1. The second kappa shape index (κ2) is 10.3. The summed E-state index contributed by atoms with van der Waals surface area (Å²) in [5.74, 6) is 0.806. The molecule has 0 amide bonds. The van der Waals surface area contributed by atoms with Crippen LogP contribution in [0.15, 0.2) is 36.7 Å². The topological polar surface area (TPSA) is 91.5 Å². The van der Waals surface area contributed by atoms with E-state index in [1.165, 1.54) is 49.8 Å². The average molecular weight is 497 g/mol. The zero-order chi connectivity index (χ0) is 25.4. The number of hydrogen-bond donors (Lipinski definition) is 2. The van der Waals surface area contributed by atoms with Crippen molar-refractivity contribution < 1.29 is 4.74 Å². The molecule has 6 rings (SSSR count). The molecule has 37 heavy (non-hydrogen) atoms. The number of H-pyrrole nitrogens is 1. The number of rotatable bonds is 6. The molecule has 1 aliphatic carbocycles. The van der Waals surface area contributed by atoms with Gasteiger partial charge in [-0.2, -0.15) is 5.26 Å². The minimum atomic E-state index is 0.276. The molecule has 1 atom stereocenters. The Balaban J connectivity index is 1.30. The Morgan fingerprint density at radius 1 is 1.16 bits per heavy atom. The van der Waals surface area contributed by atoms with Gasteiger partial charge in [0.05, 0.1) is 29.4 Å². The Morgan fingerprint density at radius 2 is 2.03 bits per heavy atom. The smallest absolute Gasteiger partial charge is 0.141 e. The molecule has 4 aromatic rings. The summed E-state index contributed by atoms with van der Waals surface area (Å²) in [6, 6.07) is 11.9. The maximum atomic E-state index is 9.34. The van der Waals surface area contributed by atoms with E-state index in [-0.39, 0.29) is 6.54 Å². The summed E-state index contributed by atoms with van der Waals surface area (Å²) >= 11 is 0. The fourth-order valence-electron chi connectivity index (χ4n) is 6.38. The van der Waals surface area contributed by atoms with Crippen LogP contribution in [0.1, 0.15) is 75.5 Å². The summed E-state index contributed by atoms with van der Waals surface area (Å²) in [7, 11) is 0. The van der Waals surface area contributed by atoms with Crippen molar-refractivity contribution in [2.45, 2.75) is 82.8 Å². The summed E-state index contributed by atoms with van der Waals surface area (Å²) in [4.78, 5) is 13.5. The molecule has 1 saturated heterocycles. The molecule has 0 radical (unpaired) electrons. The van der Waals surface area contributed by atoms with Crippen molar-refractivity contribution in [2.75, 3.05) is 13.2 Å². The number of nitrogens with one attached hydrogen (secondary N) is 2. The Bertz CT molecular complexity index is 1430. The third-order valence-corrected chi connectivity index (χ3v) is 8.20. The van der Waals surface area contributed by atoms with Crippen LogP contribution in [0, 0.1) is 11.3 Å². The molecule has 192 valence electrons. The largest absolute Gasteiger partial charge is 0.380 e. The monoisotopic (exact) mass is 496 g/mol. The van der Waals surface area contributed by atoms with Crippen LogP contribution >= 0.6 is 0 Å². The van der Waals surface area contributed by atoms with Gasteiger partial charge in [0.25, 0.3) is 0 Å². The highest BCUT2D eigenvalue weighted by Gasteiger charge is 2.27. The minimum Gasteiger partial charge on any atom is -0.380 e. The predicted molar refractivity (Wildman–Crippen MR) is 146 cm³/mol. The van der Waals surface area contributed by atoms with Crippen LogP contribution in [-0.2, 0) is 11.3 Å². The van der Waals surface area contributed by atoms with E-state index in [0.29, 0.717) is 23.9 Å². The van der Waals surface area contributed by atoms with Gasteiger partial charge < -0.3 is 19.6 Å². The van der Waals surface area contributed by atoms with Gasteiger partial charge in [-0.3, -0.25) is 4.98 Å². The first kappa shape index (κ1) is 24.1. The van der Waals surface area contributed by atoms with Crippen LogP contribution in [0.25, 0.3) is 33.3 Å². The number of pyridine rings is 2. The highest BCUT2D eigenvalue weighted by molar-refractivity contribution is 5.98. The van der Waals surface area contributed by atoms with Crippen molar-refractivity contribution in [3.63, 3.8) is 0 Å². The van der Waals surface area contributed by atoms with Crippen LogP contribution in [0.4, 0.5) is 0 Å². The van der Waals surface area contributed by atoms with Crippen molar-refractivity contribution in [2.24, 2.45) is 0 Å². The van der Waals surface area contributed by atoms with Gasteiger partial charge in [0.2, 0.25) is 0 Å². The van der Waals surface area contributed by atoms with Crippen molar-refractivity contribution in [1.29, 1.82) is 5.26 Å². The summed E-state index contributed by atoms with van der Waals surface area (Å²) in [6.45, 7) is 6.52. The highest BCUT2D eigenvalue weighted by atomic mass is 16.5. The zero-order valence-corrected chi connectivity index (χ0v) is 21.8. The Hall–Kier alpha value is -3.21. The third-order valence-electron chi connectivity index (χ3n) is 8.20. The van der Waals surface area contributed by atoms with Gasteiger partial charge in [0, 0.05) is 59.2 Å². The molecule has 7 heteroatoms. The molecule has 0 spiro atoms. The Kier molecular flexibility index (Phi) is 6.71. The van der Waals surface area contributed by atoms with E-state index in [1.807, 2.05) is 10.6 Å². The number of hydrogen-bond acceptors (Lipinski definition) is 5. The lowest BCUT2D eigenvalue weighted by Gasteiger charge is -2.33. The number of nitrogens with zero attached hydrogens (tertiary/aromatic N) is 4. The van der Waals surface area contributed by atoms with E-state index in [0.717, 1.165) is 46.5 Å². The second-order valence-corrected chi connectivity index (χ2v) is 11.0. The molecule has 1 saturated carbocycles. The van der Waals surface area contributed by atoms with Gasteiger partial charge in [0.1, 0.15) is 12.2 Å². The third kappa shape index (κ3) is 4.65. The zero-order valence-electron chi connectivity index (χ0n) is 21.8. The number of fused-ring (bicyclic) bond motifs is 2. The van der Waals surface area contributed by atoms with E-state index in [4.69, 9.17) is 9.72 Å². The van der Waals surface area contributed by atoms with Gasteiger partial charge in [-0.1, -0.05) is 13.8 Å². The fraction of sp³-hybridized carbons (Fsp3) is 0.500. The van der Waals surface area contributed by atoms with Crippen LogP contribution in [0.3, 0.4) is 0 Å². The van der Waals surface area contributed by atoms with Crippen LogP contribution in [0.5, 0.6) is 0 Å². The molecule has 0 aromatic carbocycles. The van der Waals surface area contributed by atoms with Crippen molar-refractivity contribution >= 4 is 22.1 Å². The molecular weight excluding hydrogens is 460 g/mol. The maximum absolute atomic E-state index is 9.34. The van der Waals surface area contributed by atoms with E-state index in [1.54, 1.807) is 6.20 Å². The number of ether oxygens (including phenoxy) is 1. The molecule has 1 unspecified atom stereocenters. The number of aromatic nitrogens is 4. The molecule has 1 aliphatic heterocycles. The Labute approximate surface area is 218 Å². The summed E-state index contributed by atoms with van der Waals surface area (Å²) in [5, 5.41) is 14.3. The first-order valence-electron chi connectivity index (χ1n) is 13.8. The van der Waals surface area contributed by atoms with E-state index >= 15 is 0 Å². The lowest BCUT2D eigenvalue weighted by Crippen LogP contribution is -2.44. The van der Waals surface area contributed by atoms with Crippen LogP contribution < -0.4 is 5.32 Å². The standard InChI is InChI=1S/C30H36N6O/c1-19(2)27-28(24-17-36(15-13-31)30-23(24)6-3-14-32-30)35-26-12-11-25(34-29(26)27)20-7-9-21(10-8-20)33-22-5-4-16-37-18-22/h3,6,11-12,14,17,19-22,33,35H,4-5,7-10,15-16,18H2,1-2H3. The normalized spacial score (nSPS) is 22.6. The number of aromatic amines is 1. The molecule has 7 nitrogen and oxygen atoms in total. The van der Waals surface area contributed by atoms with Gasteiger partial charge in [-0.15, -0.1) is 0 Å². The van der Waals surface area contributed by atoms with Gasteiger partial charge in [0.15, 0.2) is 0 Å². The van der Waals surface area contributed by atoms with Crippen molar-refractivity contribution in [3.8, 4) is 17.3 Å². The predicted octanol–water partition coefficient (Wildman–Crippen LogP) is 6.02. The molecule has 2 fully saturated rings. The maximum Gasteiger partial charge on any atom is 0.141 e. The molecule has 2 aliphatic rings. The second-order valence-electron chi connectivity index (χ2n) is 11.0. The summed E-state index contributed by atoms with van der Waals surface area (Å²) < 4.78 is 7.60. The van der Waals surface area contributed by atoms with Crippen molar-refractivity contribution in [1.82, 2.24) is 24.8 Å².